The zero-order valence-electron chi connectivity index (χ0n) is 8.32. The molecule has 0 bridgehead atoms. The minimum atomic E-state index is 0.392. The van der Waals surface area contributed by atoms with Gasteiger partial charge in [0.15, 0.2) is 5.82 Å². The van der Waals surface area contributed by atoms with E-state index < -0.39 is 0 Å². The fraction of sp³-hybridized carbons (Fsp3) is 0.0909. The molecular formula is C11H9BrClN3. The van der Waals surface area contributed by atoms with Crippen LogP contribution in [0.5, 0.6) is 0 Å². The van der Waals surface area contributed by atoms with Crippen molar-refractivity contribution in [3.05, 3.63) is 51.1 Å². The molecule has 0 spiro atoms. The Morgan fingerprint density at radius 1 is 1.25 bits per heavy atom. The molecule has 0 radical (unpaired) electrons. The highest BCUT2D eigenvalue weighted by Crippen LogP contribution is 2.21. The Morgan fingerprint density at radius 3 is 2.69 bits per heavy atom. The molecule has 2 aromatic rings. The van der Waals surface area contributed by atoms with Crippen LogP contribution in [0.4, 0.5) is 5.82 Å². The van der Waals surface area contributed by atoms with E-state index >= 15 is 0 Å². The first kappa shape index (κ1) is 11.4. The average Bonchev–Trinajstić information content (AvgIpc) is 2.27. The molecule has 0 aliphatic rings. The van der Waals surface area contributed by atoms with Gasteiger partial charge in [-0.2, -0.15) is 5.10 Å². The van der Waals surface area contributed by atoms with Crippen LogP contribution < -0.4 is 5.73 Å². The van der Waals surface area contributed by atoms with Crippen molar-refractivity contribution >= 4 is 33.3 Å². The lowest BCUT2D eigenvalue weighted by Crippen LogP contribution is -2.00. The number of hydrogen-bond donors (Lipinski definition) is 1. The molecule has 5 heteroatoms. The zero-order valence-corrected chi connectivity index (χ0v) is 10.7. The highest BCUT2D eigenvalue weighted by molar-refractivity contribution is 9.10. The van der Waals surface area contributed by atoms with Gasteiger partial charge in [-0.3, -0.25) is 0 Å². The standard InChI is InChI=1S/C11H9BrClN3/c12-9-6-8(15-16-11(9)14)5-7-3-1-2-4-10(7)13/h1-4,6H,5H2,(H2,14,16). The molecule has 0 saturated carbocycles. The van der Waals surface area contributed by atoms with Crippen LogP contribution >= 0.6 is 27.5 Å². The summed E-state index contributed by atoms with van der Waals surface area (Å²) in [6, 6.07) is 9.52. The molecule has 2 rings (SSSR count). The number of rotatable bonds is 2. The minimum absolute atomic E-state index is 0.392. The van der Waals surface area contributed by atoms with Crippen molar-refractivity contribution in [3.8, 4) is 0 Å². The van der Waals surface area contributed by atoms with Crippen LogP contribution in [-0.4, -0.2) is 10.2 Å². The van der Waals surface area contributed by atoms with E-state index in [9.17, 15) is 0 Å². The first-order chi connectivity index (χ1) is 7.66. The van der Waals surface area contributed by atoms with Crippen molar-refractivity contribution in [1.82, 2.24) is 10.2 Å². The Morgan fingerprint density at radius 2 is 2.00 bits per heavy atom. The van der Waals surface area contributed by atoms with E-state index in [4.69, 9.17) is 17.3 Å². The number of aromatic nitrogens is 2. The van der Waals surface area contributed by atoms with Gasteiger partial charge in [0, 0.05) is 11.4 Å². The average molecular weight is 299 g/mol. The van der Waals surface area contributed by atoms with E-state index in [1.807, 2.05) is 30.3 Å². The van der Waals surface area contributed by atoms with Gasteiger partial charge in [-0.05, 0) is 33.6 Å². The van der Waals surface area contributed by atoms with Crippen molar-refractivity contribution in [2.75, 3.05) is 5.73 Å². The van der Waals surface area contributed by atoms with Crippen LogP contribution in [0.1, 0.15) is 11.3 Å². The van der Waals surface area contributed by atoms with E-state index in [0.29, 0.717) is 12.2 Å². The lowest BCUT2D eigenvalue weighted by molar-refractivity contribution is 0.939. The van der Waals surface area contributed by atoms with Gasteiger partial charge < -0.3 is 5.73 Å². The number of nitrogens with two attached hydrogens (primary N) is 1. The van der Waals surface area contributed by atoms with Crippen molar-refractivity contribution in [2.45, 2.75) is 6.42 Å². The summed E-state index contributed by atoms with van der Waals surface area (Å²) in [6.07, 6.45) is 0.644. The van der Waals surface area contributed by atoms with Gasteiger partial charge in [0.2, 0.25) is 0 Å². The summed E-state index contributed by atoms with van der Waals surface area (Å²) in [5.41, 5.74) is 7.42. The maximum atomic E-state index is 6.06. The van der Waals surface area contributed by atoms with Crippen LogP contribution in [0.15, 0.2) is 34.8 Å². The second kappa shape index (κ2) is 4.80. The fourth-order valence-electron chi connectivity index (χ4n) is 1.34. The number of anilines is 1. The lowest BCUT2D eigenvalue weighted by Gasteiger charge is -2.04. The second-order valence-corrected chi connectivity index (χ2v) is 4.60. The molecule has 0 amide bonds. The molecule has 0 saturated heterocycles. The maximum Gasteiger partial charge on any atom is 0.160 e. The van der Waals surface area contributed by atoms with E-state index in [1.54, 1.807) is 0 Å². The molecule has 1 heterocycles. The number of nitrogen functional groups attached to an aromatic ring is 1. The number of benzene rings is 1. The topological polar surface area (TPSA) is 51.8 Å². The van der Waals surface area contributed by atoms with Crippen LogP contribution in [0.2, 0.25) is 5.02 Å². The highest BCUT2D eigenvalue weighted by Gasteiger charge is 2.05. The summed E-state index contributed by atoms with van der Waals surface area (Å²) < 4.78 is 0.754. The SMILES string of the molecule is Nc1nnc(Cc2ccccc2Cl)cc1Br. The summed E-state index contributed by atoms with van der Waals surface area (Å²) in [4.78, 5) is 0. The Balaban J connectivity index is 2.28. The summed E-state index contributed by atoms with van der Waals surface area (Å²) in [5.74, 6) is 0.392. The minimum Gasteiger partial charge on any atom is -0.381 e. The molecule has 2 N–H and O–H groups in total. The molecule has 1 aromatic carbocycles. The largest absolute Gasteiger partial charge is 0.381 e. The van der Waals surface area contributed by atoms with Crippen molar-refractivity contribution in [2.24, 2.45) is 0 Å². The summed E-state index contributed by atoms with van der Waals surface area (Å²) in [7, 11) is 0. The Kier molecular flexibility index (Phi) is 3.41. The van der Waals surface area contributed by atoms with Crippen molar-refractivity contribution in [1.29, 1.82) is 0 Å². The van der Waals surface area contributed by atoms with Crippen LogP contribution in [-0.2, 0) is 6.42 Å². The normalized spacial score (nSPS) is 10.4. The third kappa shape index (κ3) is 2.51. The van der Waals surface area contributed by atoms with Gasteiger partial charge in [-0.25, -0.2) is 0 Å². The molecule has 82 valence electrons. The zero-order chi connectivity index (χ0) is 11.5. The smallest absolute Gasteiger partial charge is 0.160 e. The quantitative estimate of drug-likeness (QED) is 0.927. The second-order valence-electron chi connectivity index (χ2n) is 3.34. The molecule has 16 heavy (non-hydrogen) atoms. The molecule has 0 aliphatic heterocycles. The third-order valence-electron chi connectivity index (χ3n) is 2.15. The number of nitrogens with zero attached hydrogens (tertiary/aromatic N) is 2. The molecule has 0 fully saturated rings. The predicted octanol–water partition coefficient (Wildman–Crippen LogP) is 3.07. The number of halogens is 2. The van der Waals surface area contributed by atoms with Gasteiger partial charge >= 0.3 is 0 Å². The van der Waals surface area contributed by atoms with Gasteiger partial charge in [-0.1, -0.05) is 29.8 Å². The predicted molar refractivity (Wildman–Crippen MR) is 68.4 cm³/mol. The summed E-state index contributed by atoms with van der Waals surface area (Å²) >= 11 is 9.38. The monoisotopic (exact) mass is 297 g/mol. The number of hydrogen-bond acceptors (Lipinski definition) is 3. The Bertz CT molecular complexity index is 516. The van der Waals surface area contributed by atoms with E-state index in [2.05, 4.69) is 26.1 Å². The molecule has 3 nitrogen and oxygen atoms in total. The van der Waals surface area contributed by atoms with Crippen molar-refractivity contribution < 1.29 is 0 Å². The fourth-order valence-corrected chi connectivity index (χ4v) is 1.88. The molecule has 1 aromatic heterocycles. The summed E-state index contributed by atoms with van der Waals surface area (Å²) in [6.45, 7) is 0. The van der Waals surface area contributed by atoms with Gasteiger partial charge in [0.1, 0.15) is 0 Å². The lowest BCUT2D eigenvalue weighted by atomic mass is 10.1. The molecule has 0 aliphatic carbocycles. The Hall–Kier alpha value is -1.13. The first-order valence-corrected chi connectivity index (χ1v) is 5.85. The van der Waals surface area contributed by atoms with Gasteiger partial charge in [-0.15, -0.1) is 5.10 Å². The Labute approximate surface area is 107 Å². The highest BCUT2D eigenvalue weighted by atomic mass is 79.9. The maximum absolute atomic E-state index is 6.06. The van der Waals surface area contributed by atoms with E-state index in [-0.39, 0.29) is 0 Å². The van der Waals surface area contributed by atoms with E-state index in [1.165, 1.54) is 0 Å². The first-order valence-electron chi connectivity index (χ1n) is 4.68. The van der Waals surface area contributed by atoms with Crippen LogP contribution in [0.25, 0.3) is 0 Å². The third-order valence-corrected chi connectivity index (χ3v) is 3.16. The van der Waals surface area contributed by atoms with Crippen molar-refractivity contribution in [3.63, 3.8) is 0 Å². The van der Waals surface area contributed by atoms with Crippen LogP contribution in [0, 0.1) is 0 Å². The molecule has 0 unspecified atom stereocenters. The molecule has 0 atom stereocenters. The van der Waals surface area contributed by atoms with Gasteiger partial charge in [0.05, 0.1) is 10.2 Å². The summed E-state index contributed by atoms with van der Waals surface area (Å²) in [5, 5.41) is 8.59. The van der Waals surface area contributed by atoms with Crippen LogP contribution in [0.3, 0.4) is 0 Å². The molecular weight excluding hydrogens is 289 g/mol. The van der Waals surface area contributed by atoms with Gasteiger partial charge in [0.25, 0.3) is 0 Å². The van der Waals surface area contributed by atoms with E-state index in [0.717, 1.165) is 20.8 Å².